The van der Waals surface area contributed by atoms with Gasteiger partial charge < -0.3 is 10.1 Å². The third-order valence-corrected chi connectivity index (χ3v) is 6.23. The number of aryl methyl sites for hydroxylation is 3. The molecule has 1 heterocycles. The highest BCUT2D eigenvalue weighted by atomic mass is 32.2. The molecular weight excluding hydrogens is 428 g/mol. The molecular formula is C23H26N4O4S. The van der Waals surface area contributed by atoms with E-state index in [0.717, 1.165) is 16.7 Å². The van der Waals surface area contributed by atoms with Crippen molar-refractivity contribution in [2.24, 2.45) is 0 Å². The average molecular weight is 455 g/mol. The Bertz CT molecular complexity index is 1240. The predicted molar refractivity (Wildman–Crippen MR) is 123 cm³/mol. The lowest BCUT2D eigenvalue weighted by atomic mass is 10.1. The van der Waals surface area contributed by atoms with Crippen molar-refractivity contribution in [3.05, 3.63) is 71.0 Å². The number of carbonyl (C=O) groups excluding carboxylic acids is 1. The summed E-state index contributed by atoms with van der Waals surface area (Å²) in [7, 11) is -3.86. The van der Waals surface area contributed by atoms with E-state index in [-0.39, 0.29) is 16.8 Å². The number of nitrogens with one attached hydrogen (secondary N) is 2. The van der Waals surface area contributed by atoms with Gasteiger partial charge >= 0.3 is 0 Å². The molecule has 0 aliphatic rings. The number of benzene rings is 2. The summed E-state index contributed by atoms with van der Waals surface area (Å²) in [6, 6.07) is 11.4. The summed E-state index contributed by atoms with van der Waals surface area (Å²) in [5.41, 5.74) is 4.22. The van der Waals surface area contributed by atoms with Crippen molar-refractivity contribution >= 4 is 27.6 Å². The molecule has 0 radical (unpaired) electrons. The number of hydrogen-bond acceptors (Lipinski definition) is 6. The summed E-state index contributed by atoms with van der Waals surface area (Å²) < 4.78 is 33.3. The Morgan fingerprint density at radius 1 is 1.03 bits per heavy atom. The van der Waals surface area contributed by atoms with Crippen molar-refractivity contribution < 1.29 is 17.9 Å². The maximum Gasteiger partial charge on any atom is 0.265 e. The van der Waals surface area contributed by atoms with Crippen molar-refractivity contribution in [2.45, 2.75) is 45.6 Å². The van der Waals surface area contributed by atoms with Gasteiger partial charge in [0.15, 0.2) is 6.10 Å². The minimum absolute atomic E-state index is 0.00460. The van der Waals surface area contributed by atoms with E-state index in [2.05, 4.69) is 26.1 Å². The average Bonchev–Trinajstić information content (AvgIpc) is 2.71. The molecule has 3 aromatic rings. The summed E-state index contributed by atoms with van der Waals surface area (Å²) in [4.78, 5) is 20.5. The van der Waals surface area contributed by atoms with Crippen LogP contribution in [0.15, 0.2) is 53.6 Å². The van der Waals surface area contributed by atoms with Crippen LogP contribution in [0.1, 0.15) is 29.3 Å². The molecule has 9 heteroatoms. The van der Waals surface area contributed by atoms with Gasteiger partial charge in [0.1, 0.15) is 5.75 Å². The van der Waals surface area contributed by atoms with Crippen molar-refractivity contribution in [2.75, 3.05) is 10.0 Å². The van der Waals surface area contributed by atoms with Gasteiger partial charge in [-0.15, -0.1) is 0 Å². The van der Waals surface area contributed by atoms with Crippen molar-refractivity contribution in [1.82, 2.24) is 9.97 Å². The molecule has 0 aliphatic carbocycles. The van der Waals surface area contributed by atoms with Gasteiger partial charge in [-0.3, -0.25) is 4.79 Å². The van der Waals surface area contributed by atoms with Crippen LogP contribution in [0.3, 0.4) is 0 Å². The number of ether oxygens (including phenoxy) is 1. The molecule has 0 unspecified atom stereocenters. The maximum absolute atomic E-state index is 12.6. The van der Waals surface area contributed by atoms with E-state index in [4.69, 9.17) is 4.74 Å². The number of hydrogen-bond donors (Lipinski definition) is 2. The fourth-order valence-electron chi connectivity index (χ4n) is 3.01. The highest BCUT2D eigenvalue weighted by Gasteiger charge is 2.19. The SMILES string of the molecule is Cc1cc(C)c(C)c(O[C@@H](C)C(=O)Nc2ccc(S(=O)(=O)Nc3nccc(C)n3)cc2)c1. The fourth-order valence-corrected chi connectivity index (χ4v) is 3.96. The Morgan fingerprint density at radius 3 is 2.38 bits per heavy atom. The lowest BCUT2D eigenvalue weighted by Gasteiger charge is -2.18. The van der Waals surface area contributed by atoms with Gasteiger partial charge in [-0.1, -0.05) is 6.07 Å². The largest absolute Gasteiger partial charge is 0.481 e. The summed E-state index contributed by atoms with van der Waals surface area (Å²) in [6.45, 7) is 9.32. The molecule has 0 spiro atoms. The normalized spacial score (nSPS) is 12.2. The van der Waals surface area contributed by atoms with Crippen LogP contribution in [0.25, 0.3) is 0 Å². The highest BCUT2D eigenvalue weighted by Crippen LogP contribution is 2.25. The van der Waals surface area contributed by atoms with E-state index in [1.807, 2.05) is 26.8 Å². The van der Waals surface area contributed by atoms with E-state index in [1.165, 1.54) is 30.5 Å². The lowest BCUT2D eigenvalue weighted by molar-refractivity contribution is -0.122. The summed E-state index contributed by atoms with van der Waals surface area (Å²) in [6.07, 6.45) is 0.736. The van der Waals surface area contributed by atoms with E-state index in [1.54, 1.807) is 19.9 Å². The zero-order chi connectivity index (χ0) is 23.5. The predicted octanol–water partition coefficient (Wildman–Crippen LogP) is 3.92. The number of sulfonamides is 1. The zero-order valence-electron chi connectivity index (χ0n) is 18.6. The first-order chi connectivity index (χ1) is 15.0. The molecule has 1 amide bonds. The summed E-state index contributed by atoms with van der Waals surface area (Å²) in [5.74, 6) is 0.316. The number of anilines is 2. The molecule has 32 heavy (non-hydrogen) atoms. The molecule has 0 saturated carbocycles. The molecule has 0 saturated heterocycles. The smallest absolute Gasteiger partial charge is 0.265 e. The third kappa shape index (κ3) is 5.61. The molecule has 3 rings (SSSR count). The molecule has 0 fully saturated rings. The summed E-state index contributed by atoms with van der Waals surface area (Å²) >= 11 is 0. The van der Waals surface area contributed by atoms with Gasteiger partial charge in [0.05, 0.1) is 4.90 Å². The second kappa shape index (κ2) is 9.35. The number of rotatable bonds is 7. The Labute approximate surface area is 188 Å². The standard InChI is InChI=1S/C23H26N4O4S/c1-14-12-15(2)17(4)21(13-14)31-18(5)22(28)26-19-6-8-20(9-7-19)32(29,30)27-23-24-11-10-16(3)25-23/h6-13,18H,1-5H3,(H,26,28)(H,24,25,27)/t18-/m0/s1. The van der Waals surface area contributed by atoms with E-state index < -0.39 is 16.1 Å². The van der Waals surface area contributed by atoms with Gasteiger partial charge in [-0.2, -0.15) is 0 Å². The van der Waals surface area contributed by atoms with Crippen LogP contribution in [0.4, 0.5) is 11.6 Å². The third-order valence-electron chi connectivity index (χ3n) is 4.89. The first-order valence-corrected chi connectivity index (χ1v) is 11.5. The summed E-state index contributed by atoms with van der Waals surface area (Å²) in [5, 5.41) is 2.74. The maximum atomic E-state index is 12.6. The Kier molecular flexibility index (Phi) is 6.78. The number of aromatic nitrogens is 2. The minimum Gasteiger partial charge on any atom is -0.481 e. The van der Waals surface area contributed by atoms with Gasteiger partial charge in [0.25, 0.3) is 15.9 Å². The lowest BCUT2D eigenvalue weighted by Crippen LogP contribution is -2.30. The number of nitrogens with zero attached hydrogens (tertiary/aromatic N) is 2. The second-order valence-corrected chi connectivity index (χ2v) is 9.29. The monoisotopic (exact) mass is 454 g/mol. The molecule has 168 valence electrons. The van der Waals surface area contributed by atoms with E-state index in [9.17, 15) is 13.2 Å². The zero-order valence-corrected chi connectivity index (χ0v) is 19.4. The van der Waals surface area contributed by atoms with Crippen molar-refractivity contribution in [3.63, 3.8) is 0 Å². The van der Waals surface area contributed by atoms with Crippen molar-refractivity contribution in [1.29, 1.82) is 0 Å². The molecule has 8 nitrogen and oxygen atoms in total. The van der Waals surface area contributed by atoms with Crippen LogP contribution >= 0.6 is 0 Å². The van der Waals surface area contributed by atoms with Gasteiger partial charge in [-0.05, 0) is 87.7 Å². The first kappa shape index (κ1) is 23.2. The highest BCUT2D eigenvalue weighted by molar-refractivity contribution is 7.92. The van der Waals surface area contributed by atoms with Crippen LogP contribution in [-0.4, -0.2) is 30.4 Å². The van der Waals surface area contributed by atoms with Crippen LogP contribution < -0.4 is 14.8 Å². The number of amides is 1. The van der Waals surface area contributed by atoms with Crippen LogP contribution in [0, 0.1) is 27.7 Å². The molecule has 0 bridgehead atoms. The minimum atomic E-state index is -3.86. The van der Waals surface area contributed by atoms with Crippen LogP contribution in [0.5, 0.6) is 5.75 Å². The number of carbonyl (C=O) groups is 1. The fraction of sp³-hybridized carbons (Fsp3) is 0.261. The Balaban J connectivity index is 1.66. The van der Waals surface area contributed by atoms with Gasteiger partial charge in [0, 0.05) is 17.6 Å². The van der Waals surface area contributed by atoms with Gasteiger partial charge in [-0.25, -0.2) is 23.1 Å². The molecule has 0 aliphatic heterocycles. The molecule has 1 aromatic heterocycles. The quantitative estimate of drug-likeness (QED) is 0.560. The molecule has 2 aromatic carbocycles. The van der Waals surface area contributed by atoms with Crippen LogP contribution in [0.2, 0.25) is 0 Å². The van der Waals surface area contributed by atoms with Gasteiger partial charge in [0.2, 0.25) is 5.95 Å². The Hall–Kier alpha value is -3.46. The van der Waals surface area contributed by atoms with E-state index in [0.29, 0.717) is 17.1 Å². The van der Waals surface area contributed by atoms with E-state index >= 15 is 0 Å². The Morgan fingerprint density at radius 2 is 1.72 bits per heavy atom. The van der Waals surface area contributed by atoms with Crippen molar-refractivity contribution in [3.8, 4) is 5.75 Å². The van der Waals surface area contributed by atoms with Crippen LogP contribution in [-0.2, 0) is 14.8 Å². The first-order valence-electron chi connectivity index (χ1n) is 10.0. The topological polar surface area (TPSA) is 110 Å². The molecule has 2 N–H and O–H groups in total. The molecule has 1 atom stereocenters. The second-order valence-electron chi connectivity index (χ2n) is 7.61.